The number of cyclic esters (lactones) is 1. The van der Waals surface area contributed by atoms with Crippen molar-refractivity contribution in [1.82, 2.24) is 89.7 Å². The number of H-pyrrole nitrogens is 2. The molecule has 6 rings (SSSR count). The number of primary amides is 1. The Labute approximate surface area is 736 Å². The average molecular weight is 1810 g/mol. The van der Waals surface area contributed by atoms with E-state index in [-0.39, 0.29) is 43.6 Å². The zero-order valence-electron chi connectivity index (χ0n) is 71.0. The van der Waals surface area contributed by atoms with Crippen molar-refractivity contribution >= 4 is 152 Å². The van der Waals surface area contributed by atoms with Gasteiger partial charge in [-0.2, -0.15) is 0 Å². The molecule has 47 heteroatoms. The zero-order chi connectivity index (χ0) is 95.3. The number of unbranched alkanes of at least 4 members (excludes halogenated alkanes) is 5. The van der Waals surface area contributed by atoms with Crippen LogP contribution in [0.15, 0.2) is 85.2 Å². The van der Waals surface area contributed by atoms with Crippen molar-refractivity contribution in [3.05, 3.63) is 102 Å². The second-order valence-electron chi connectivity index (χ2n) is 30.7. The topological polar surface area (TPSA) is 759 Å². The van der Waals surface area contributed by atoms with E-state index < -0.39 is 274 Å². The maximum absolute atomic E-state index is 15.0. The van der Waals surface area contributed by atoms with E-state index in [4.69, 9.17) is 21.9 Å². The number of ether oxygens (including phenoxy) is 1. The predicted molar refractivity (Wildman–Crippen MR) is 453 cm³/mol. The highest BCUT2D eigenvalue weighted by molar-refractivity contribution is 6.05. The van der Waals surface area contributed by atoms with Gasteiger partial charge in [0.05, 0.1) is 57.8 Å². The lowest BCUT2D eigenvalue weighted by Crippen LogP contribution is -2.62. The number of anilines is 1. The smallest absolute Gasteiger partial charge is 0.329 e. The van der Waals surface area contributed by atoms with Crippen LogP contribution in [0, 0.1) is 5.92 Å². The quantitative estimate of drug-likeness (QED) is 0.00761. The first-order chi connectivity index (χ1) is 61.2. The highest BCUT2D eigenvalue weighted by Crippen LogP contribution is 2.23. The molecule has 1 saturated heterocycles. The number of carboxylic acid groups (broad SMARTS) is 4. The molecule has 3 heterocycles. The van der Waals surface area contributed by atoms with Gasteiger partial charge < -0.3 is 137 Å². The molecule has 2 aromatic heterocycles. The second-order valence-corrected chi connectivity index (χ2v) is 30.7. The van der Waals surface area contributed by atoms with Gasteiger partial charge in [-0.15, -0.1) is 0 Å². The summed E-state index contributed by atoms with van der Waals surface area (Å²) in [6, 6.07) is -6.20. The summed E-state index contributed by atoms with van der Waals surface area (Å²) in [7, 11) is 0. The van der Waals surface area contributed by atoms with Gasteiger partial charge in [0.1, 0.15) is 72.6 Å². The lowest BCUT2D eigenvalue weighted by atomic mass is 9.96. The maximum Gasteiger partial charge on any atom is 0.329 e. The number of ketones is 1. The van der Waals surface area contributed by atoms with Gasteiger partial charge in [0.25, 0.3) is 0 Å². The van der Waals surface area contributed by atoms with Crippen molar-refractivity contribution in [3.8, 4) is 0 Å². The SMILES string of the molecule is CCCCCCCCNC(=O)NC(Cc1c[nH]c2ccccc12)C(=O)NC(CC(N)=O)C(=O)NC(CC(=O)O)C(=O)NC1C(=O)NCC(=O)NC(CCCNC(=O)C(N)Cc2c[nH]c3ccccc23)C(=O)NC(CC(=O)O)C(=O)NC(C)C(=O)NC(CC(=O)O)C(=O)NCC(=O)NC(CO)C(=O)NC(C(C)CC(=O)O)C(=O)NC(CC(=O)c2ccccc2N)C(=O)OC1C. The standard InChI is InChI=1S/C82H110N20O27/c1-5-6-7-8-9-16-25-87-82(128)100-53(29-44-36-89-51-23-15-12-19-46(44)51)75(121)96-54(31-61(85)105)76(122)98-57(34-67(114)115)77(123)102-69-42(4)129-81(127)58(30-60(104)47-20-10-13-21-48(47)83)99-80(126)68(40(2)27-64(108)109)101-78(124)59(39-103)94-63(107)37-90-72(118)55(32-65(110)111)95-70(116)41(3)92-74(120)56(33-66(112)113)97-73(119)52(93-62(106)38-91-79(69)125)24-17-26-86-71(117)49(84)28-43-35-88-50-22-14-11-18-45(43)50/h10-15,18-23,35-36,40-42,49,52-59,68-69,88-89,103H,5-9,16-17,24-34,37-39,83-84H2,1-4H3,(H2,85,105)(H,86,117)(H,90,118)(H,91,125)(H,92,120)(H,93,106)(H,94,107)(H,95,116)(H,96,121)(H,97,119)(H,98,122)(H,99,126)(H,101,124)(H,102,123)(H,108,109)(H,110,111)(H,112,113)(H,114,115)(H2,87,100,128). The fourth-order valence-electron chi connectivity index (χ4n) is 13.5. The van der Waals surface area contributed by atoms with Gasteiger partial charge in [0, 0.05) is 71.4 Å². The molecule has 0 spiro atoms. The number of aliphatic hydroxyl groups excluding tert-OH is 1. The van der Waals surface area contributed by atoms with Gasteiger partial charge in [-0.3, -0.25) is 91.1 Å². The first kappa shape index (κ1) is 103. The van der Waals surface area contributed by atoms with Crippen LogP contribution in [0.1, 0.15) is 139 Å². The number of aliphatic hydroxyl groups is 1. The zero-order valence-corrected chi connectivity index (χ0v) is 71.0. The van der Waals surface area contributed by atoms with E-state index in [1.807, 2.05) is 16.0 Å². The second kappa shape index (κ2) is 51.1. The number of nitrogen functional groups attached to an aromatic ring is 1. The molecule has 16 amide bonds. The summed E-state index contributed by atoms with van der Waals surface area (Å²) in [5.74, 6) is -30.6. The molecule has 700 valence electrons. The van der Waals surface area contributed by atoms with E-state index in [2.05, 4.69) is 80.7 Å². The van der Waals surface area contributed by atoms with Gasteiger partial charge in [0.15, 0.2) is 5.78 Å². The first-order valence-electron chi connectivity index (χ1n) is 41.3. The molecule has 0 saturated carbocycles. The number of carbonyl (C=O) groups is 21. The van der Waals surface area contributed by atoms with E-state index in [9.17, 15) is 117 Å². The Morgan fingerprint density at radius 2 is 1.01 bits per heavy atom. The number of aromatic nitrogens is 2. The molecule has 1 aliphatic heterocycles. The van der Waals surface area contributed by atoms with Crippen molar-refractivity contribution in [2.24, 2.45) is 17.4 Å². The normalized spacial score (nSPS) is 20.4. The number of aliphatic carboxylic acids is 4. The summed E-state index contributed by atoms with van der Waals surface area (Å²) < 4.78 is 5.73. The van der Waals surface area contributed by atoms with Gasteiger partial charge in [-0.25, -0.2) is 9.59 Å². The third-order valence-corrected chi connectivity index (χ3v) is 20.4. The van der Waals surface area contributed by atoms with Crippen LogP contribution in [0.3, 0.4) is 0 Å². The van der Waals surface area contributed by atoms with Crippen LogP contribution in [0.4, 0.5) is 10.5 Å². The van der Waals surface area contributed by atoms with Gasteiger partial charge in [-0.1, -0.05) is 94.5 Å². The number of benzene rings is 3. The van der Waals surface area contributed by atoms with Crippen LogP contribution in [-0.4, -0.2) is 271 Å². The molecule has 0 radical (unpaired) electrons. The lowest BCUT2D eigenvalue weighted by Gasteiger charge is -2.30. The third-order valence-electron chi connectivity index (χ3n) is 20.4. The number of rotatable bonds is 38. The molecular weight excluding hydrogens is 1700 g/mol. The van der Waals surface area contributed by atoms with Crippen molar-refractivity contribution in [3.63, 3.8) is 0 Å². The Morgan fingerprint density at radius 3 is 1.60 bits per heavy atom. The molecule has 28 N–H and O–H groups in total. The summed E-state index contributed by atoms with van der Waals surface area (Å²) in [5.41, 5.74) is 20.0. The molecule has 129 heavy (non-hydrogen) atoms. The molecule has 14 unspecified atom stereocenters. The fraction of sp³-hybridized carbons (Fsp3) is 0.476. The Hall–Kier alpha value is -14.7. The van der Waals surface area contributed by atoms with Crippen LogP contribution in [0.25, 0.3) is 21.8 Å². The molecule has 1 aliphatic rings. The summed E-state index contributed by atoms with van der Waals surface area (Å²) in [5, 5.41) is 85.2. The number of nitrogens with two attached hydrogens (primary N) is 3. The fourth-order valence-corrected chi connectivity index (χ4v) is 13.5. The Balaban J connectivity index is 1.43. The Morgan fingerprint density at radius 1 is 0.496 bits per heavy atom. The van der Waals surface area contributed by atoms with Crippen molar-refractivity contribution in [2.75, 3.05) is 38.5 Å². The van der Waals surface area contributed by atoms with Crippen molar-refractivity contribution < 1.29 is 131 Å². The number of fused-ring (bicyclic) bond motifs is 2. The minimum Gasteiger partial charge on any atom is -0.481 e. The van der Waals surface area contributed by atoms with Gasteiger partial charge in [0.2, 0.25) is 82.7 Å². The molecule has 0 bridgehead atoms. The number of aromatic amines is 2. The van der Waals surface area contributed by atoms with E-state index in [0.29, 0.717) is 28.5 Å². The number of hydrogen-bond acceptors (Lipinski definition) is 25. The molecular formula is C82H110N20O27. The number of amides is 16. The number of Topliss-reactive ketones (excluding diaryl/α,β-unsaturated/α-hetero) is 1. The molecule has 1 fully saturated rings. The minimum absolute atomic E-state index is 0.0206. The number of hydrogen-bond donors (Lipinski definition) is 25. The summed E-state index contributed by atoms with van der Waals surface area (Å²) >= 11 is 0. The summed E-state index contributed by atoms with van der Waals surface area (Å²) in [4.78, 5) is 296. The van der Waals surface area contributed by atoms with E-state index >= 15 is 9.59 Å². The Kier molecular flexibility index (Phi) is 40.8. The van der Waals surface area contributed by atoms with Crippen molar-refractivity contribution in [2.45, 2.75) is 209 Å². The Bertz CT molecular complexity index is 4920. The number of carbonyl (C=O) groups excluding carboxylic acids is 17. The minimum atomic E-state index is -2.51. The maximum atomic E-state index is 15.0. The van der Waals surface area contributed by atoms with E-state index in [1.165, 1.54) is 24.3 Å². The summed E-state index contributed by atoms with van der Waals surface area (Å²) in [6.07, 6.45) is -2.11. The largest absolute Gasteiger partial charge is 0.481 e. The van der Waals surface area contributed by atoms with Crippen LogP contribution >= 0.6 is 0 Å². The average Bonchev–Trinajstić information content (AvgIpc) is 1.72. The molecule has 0 aliphatic carbocycles. The molecule has 14 atom stereocenters. The highest BCUT2D eigenvalue weighted by Gasteiger charge is 2.41. The summed E-state index contributed by atoms with van der Waals surface area (Å²) in [6.45, 7) is 0.978. The van der Waals surface area contributed by atoms with Crippen LogP contribution in [0.5, 0.6) is 0 Å². The number of para-hydroxylation sites is 3. The predicted octanol–water partition coefficient (Wildman–Crippen LogP) is -5.01. The number of carboxylic acids is 4. The van der Waals surface area contributed by atoms with Gasteiger partial charge in [-0.05, 0) is 80.8 Å². The first-order valence-corrected chi connectivity index (χ1v) is 41.3. The number of urea groups is 1. The number of esters is 1. The third kappa shape index (κ3) is 33.6. The van der Waals surface area contributed by atoms with Gasteiger partial charge >= 0.3 is 35.9 Å². The number of nitrogens with one attached hydrogen (secondary N) is 17. The highest BCUT2D eigenvalue weighted by atomic mass is 16.5. The van der Waals surface area contributed by atoms with Crippen LogP contribution < -0.4 is 97.0 Å². The molecule has 3 aromatic carbocycles. The monoisotopic (exact) mass is 1810 g/mol. The van der Waals surface area contributed by atoms with Crippen LogP contribution in [-0.2, 0) is 109 Å². The van der Waals surface area contributed by atoms with E-state index in [1.54, 1.807) is 60.9 Å². The van der Waals surface area contributed by atoms with E-state index in [0.717, 1.165) is 63.8 Å². The van der Waals surface area contributed by atoms with Crippen molar-refractivity contribution in [1.29, 1.82) is 0 Å². The van der Waals surface area contributed by atoms with Crippen LogP contribution in [0.2, 0.25) is 0 Å². The molecule has 5 aromatic rings. The molecule has 47 nitrogen and oxygen atoms in total. The lowest BCUT2D eigenvalue weighted by molar-refractivity contribution is -0.156.